The molecule has 0 unspecified atom stereocenters. The molecule has 4 rings (SSSR count). The van der Waals surface area contributed by atoms with Crippen LogP contribution in [0.15, 0.2) is 99.3 Å². The van der Waals surface area contributed by atoms with Crippen LogP contribution in [0.1, 0.15) is 34.5 Å². The first-order chi connectivity index (χ1) is 18.9. The summed E-state index contributed by atoms with van der Waals surface area (Å²) in [6, 6.07) is 21.6. The summed E-state index contributed by atoms with van der Waals surface area (Å²) in [5.41, 5.74) is 2.41. The van der Waals surface area contributed by atoms with Crippen LogP contribution in [0, 0.1) is 11.3 Å². The van der Waals surface area contributed by atoms with Gasteiger partial charge in [-0.15, -0.1) is 0 Å². The van der Waals surface area contributed by atoms with Gasteiger partial charge in [0.05, 0.1) is 58.5 Å². The predicted molar refractivity (Wildman–Crippen MR) is 147 cm³/mol. The van der Waals surface area contributed by atoms with E-state index in [1.807, 2.05) is 30.3 Å². The van der Waals surface area contributed by atoms with Crippen LogP contribution in [0.5, 0.6) is 0 Å². The Morgan fingerprint density at radius 2 is 1.82 bits per heavy atom. The van der Waals surface area contributed by atoms with Crippen molar-refractivity contribution in [3.63, 3.8) is 0 Å². The Kier molecular flexibility index (Phi) is 8.86. The van der Waals surface area contributed by atoms with Crippen molar-refractivity contribution < 1.29 is 23.5 Å². The van der Waals surface area contributed by atoms with Crippen molar-refractivity contribution in [3.05, 3.63) is 112 Å². The summed E-state index contributed by atoms with van der Waals surface area (Å²) in [5, 5.41) is 19.4. The maximum Gasteiger partial charge on any atom is 0.339 e. The number of rotatable bonds is 9. The molecule has 3 N–H and O–H groups in total. The van der Waals surface area contributed by atoms with Gasteiger partial charge in [0.2, 0.25) is 5.91 Å². The van der Waals surface area contributed by atoms with Gasteiger partial charge in [-0.3, -0.25) is 9.59 Å². The second-order valence-electron chi connectivity index (χ2n) is 8.51. The minimum atomic E-state index is -0.827. The van der Waals surface area contributed by atoms with E-state index >= 15 is 0 Å². The number of allylic oxidation sites excluding steroid dienone is 2. The van der Waals surface area contributed by atoms with E-state index in [0.717, 1.165) is 5.56 Å². The Morgan fingerprint density at radius 1 is 1.08 bits per heavy atom. The van der Waals surface area contributed by atoms with Crippen molar-refractivity contribution in [3.8, 4) is 6.07 Å². The monoisotopic (exact) mass is 542 g/mol. The number of nitriles is 1. The summed E-state index contributed by atoms with van der Waals surface area (Å²) in [6.07, 6.45) is 1.47. The average Bonchev–Trinajstić information content (AvgIpc) is 3.49. The standard InChI is InChI=1S/C29H26N4O5S/c1-18-25(27(35)33-22-12-7-6-11-20(22)29(36)37-2)26(23-13-8-14-38-23)21(15-30)28(32-18)39-17-24(34)31-16-19-9-4-3-5-10-19/h3-14,26,32H,16-17H2,1-2H3,(H,31,34)(H,33,35)/t26-/m1/s1. The molecule has 0 bridgehead atoms. The molecule has 0 radical (unpaired) electrons. The molecule has 10 heteroatoms. The highest BCUT2D eigenvalue weighted by atomic mass is 32.2. The van der Waals surface area contributed by atoms with Gasteiger partial charge in [0.25, 0.3) is 5.91 Å². The van der Waals surface area contributed by atoms with Crippen LogP contribution in [0.3, 0.4) is 0 Å². The highest BCUT2D eigenvalue weighted by Crippen LogP contribution is 2.41. The van der Waals surface area contributed by atoms with E-state index in [1.165, 1.54) is 25.1 Å². The number of amides is 2. The van der Waals surface area contributed by atoms with Gasteiger partial charge in [0.1, 0.15) is 5.76 Å². The van der Waals surface area contributed by atoms with Gasteiger partial charge in [-0.25, -0.2) is 4.79 Å². The molecule has 0 saturated heterocycles. The largest absolute Gasteiger partial charge is 0.468 e. The van der Waals surface area contributed by atoms with Crippen molar-refractivity contribution >= 4 is 35.2 Å². The highest BCUT2D eigenvalue weighted by Gasteiger charge is 2.36. The summed E-state index contributed by atoms with van der Waals surface area (Å²) in [7, 11) is 1.26. The van der Waals surface area contributed by atoms with E-state index in [-0.39, 0.29) is 34.1 Å². The van der Waals surface area contributed by atoms with Crippen LogP contribution in [0.2, 0.25) is 0 Å². The van der Waals surface area contributed by atoms with Gasteiger partial charge in [-0.2, -0.15) is 5.26 Å². The third-order valence-electron chi connectivity index (χ3n) is 5.98. The SMILES string of the molecule is COC(=O)c1ccccc1NC(=O)C1=C(C)NC(SCC(=O)NCc2ccccc2)=C(C#N)[C@@H]1c1ccco1. The summed E-state index contributed by atoms with van der Waals surface area (Å²) >= 11 is 1.17. The van der Waals surface area contributed by atoms with E-state index in [2.05, 4.69) is 22.0 Å². The Labute approximate surface area is 229 Å². The molecule has 1 aliphatic rings. The number of methoxy groups -OCH3 is 1. The molecule has 0 saturated carbocycles. The molecule has 2 aromatic carbocycles. The Balaban J connectivity index is 1.57. The van der Waals surface area contributed by atoms with Crippen molar-refractivity contribution in [1.82, 2.24) is 10.6 Å². The van der Waals surface area contributed by atoms with Gasteiger partial charge in [0, 0.05) is 12.2 Å². The minimum absolute atomic E-state index is 0.0620. The topological polar surface area (TPSA) is 133 Å². The average molecular weight is 543 g/mol. The zero-order chi connectivity index (χ0) is 27.8. The lowest BCUT2D eigenvalue weighted by Gasteiger charge is -2.28. The first-order valence-electron chi connectivity index (χ1n) is 12.0. The Morgan fingerprint density at radius 3 is 2.51 bits per heavy atom. The van der Waals surface area contributed by atoms with Crippen LogP contribution >= 0.6 is 11.8 Å². The van der Waals surface area contributed by atoms with Gasteiger partial charge in [0.15, 0.2) is 0 Å². The molecule has 2 amide bonds. The maximum absolute atomic E-state index is 13.6. The molecule has 1 aliphatic heterocycles. The fourth-order valence-electron chi connectivity index (χ4n) is 4.12. The normalized spacial score (nSPS) is 14.7. The van der Waals surface area contributed by atoms with Crippen molar-refractivity contribution in [2.75, 3.05) is 18.2 Å². The quantitative estimate of drug-likeness (QED) is 0.338. The number of carbonyl (C=O) groups excluding carboxylic acids is 3. The molecule has 1 aromatic heterocycles. The molecule has 1 atom stereocenters. The Bertz CT molecular complexity index is 1470. The molecule has 39 heavy (non-hydrogen) atoms. The molecule has 3 aromatic rings. The van der Waals surface area contributed by atoms with Crippen LogP contribution in [-0.4, -0.2) is 30.6 Å². The number of furan rings is 1. The summed E-state index contributed by atoms with van der Waals surface area (Å²) in [5.74, 6) is -1.68. The fourth-order valence-corrected chi connectivity index (χ4v) is 5.04. The first kappa shape index (κ1) is 27.3. The van der Waals surface area contributed by atoms with E-state index in [0.29, 0.717) is 23.0 Å². The summed E-state index contributed by atoms with van der Waals surface area (Å²) in [6.45, 7) is 2.10. The van der Waals surface area contributed by atoms with Gasteiger partial charge < -0.3 is 25.1 Å². The van der Waals surface area contributed by atoms with Gasteiger partial charge in [-0.05, 0) is 36.8 Å². The number of benzene rings is 2. The Hall–Kier alpha value is -4.75. The van der Waals surface area contributed by atoms with E-state index in [4.69, 9.17) is 9.15 Å². The molecule has 0 fully saturated rings. The molecular weight excluding hydrogens is 516 g/mol. The molecular formula is C29H26N4O5S. The highest BCUT2D eigenvalue weighted by molar-refractivity contribution is 8.03. The van der Waals surface area contributed by atoms with Crippen LogP contribution in [0.25, 0.3) is 0 Å². The number of hydrogen-bond acceptors (Lipinski definition) is 8. The van der Waals surface area contributed by atoms with Crippen molar-refractivity contribution in [1.29, 1.82) is 5.26 Å². The van der Waals surface area contributed by atoms with E-state index in [9.17, 15) is 19.6 Å². The third kappa shape index (κ3) is 6.40. The minimum Gasteiger partial charge on any atom is -0.468 e. The zero-order valence-corrected chi connectivity index (χ0v) is 22.1. The van der Waals surface area contributed by atoms with Gasteiger partial charge in [-0.1, -0.05) is 54.2 Å². The molecule has 0 aliphatic carbocycles. The lowest BCUT2D eigenvalue weighted by molar-refractivity contribution is -0.118. The van der Waals surface area contributed by atoms with Crippen molar-refractivity contribution in [2.45, 2.75) is 19.4 Å². The number of para-hydroxylation sites is 1. The number of ether oxygens (including phenoxy) is 1. The van der Waals surface area contributed by atoms with Crippen LogP contribution < -0.4 is 16.0 Å². The number of dihydropyridines is 1. The summed E-state index contributed by atoms with van der Waals surface area (Å²) < 4.78 is 10.5. The number of anilines is 1. The number of nitrogens with zero attached hydrogens (tertiary/aromatic N) is 1. The number of nitrogens with one attached hydrogen (secondary N) is 3. The predicted octanol–water partition coefficient (Wildman–Crippen LogP) is 4.45. The molecule has 9 nitrogen and oxygen atoms in total. The van der Waals surface area contributed by atoms with Crippen LogP contribution in [0.4, 0.5) is 5.69 Å². The number of thioether (sulfide) groups is 1. The molecule has 2 heterocycles. The molecule has 0 spiro atoms. The molecule has 198 valence electrons. The fraction of sp³-hybridized carbons (Fsp3) is 0.172. The second-order valence-corrected chi connectivity index (χ2v) is 9.49. The lowest BCUT2D eigenvalue weighted by Crippen LogP contribution is -2.31. The smallest absolute Gasteiger partial charge is 0.339 e. The first-order valence-corrected chi connectivity index (χ1v) is 13.0. The van der Waals surface area contributed by atoms with Crippen LogP contribution in [-0.2, 0) is 20.9 Å². The third-order valence-corrected chi connectivity index (χ3v) is 7.00. The second kappa shape index (κ2) is 12.7. The van der Waals surface area contributed by atoms with Crippen molar-refractivity contribution in [2.24, 2.45) is 0 Å². The van der Waals surface area contributed by atoms with E-state index in [1.54, 1.807) is 43.3 Å². The maximum atomic E-state index is 13.6. The van der Waals surface area contributed by atoms with E-state index < -0.39 is 17.8 Å². The number of carbonyl (C=O) groups is 3. The summed E-state index contributed by atoms with van der Waals surface area (Å²) in [4.78, 5) is 38.3. The lowest BCUT2D eigenvalue weighted by atomic mass is 9.85. The zero-order valence-electron chi connectivity index (χ0n) is 21.3. The number of hydrogen-bond donors (Lipinski definition) is 3. The van der Waals surface area contributed by atoms with Gasteiger partial charge >= 0.3 is 5.97 Å². The number of esters is 1.